The van der Waals surface area contributed by atoms with Crippen LogP contribution in [0.25, 0.3) is 0 Å². The maximum atomic E-state index is 11.1. The Morgan fingerprint density at radius 1 is 1.47 bits per heavy atom. The smallest absolute Gasteiger partial charge is 0.314 e. The van der Waals surface area contributed by atoms with E-state index in [4.69, 9.17) is 0 Å². The van der Waals surface area contributed by atoms with E-state index in [1.54, 1.807) is 0 Å². The van der Waals surface area contributed by atoms with Gasteiger partial charge in [0.25, 0.3) is 0 Å². The second-order valence-electron chi connectivity index (χ2n) is 2.96. The van der Waals surface area contributed by atoms with Crippen molar-refractivity contribution < 1.29 is 17.5 Å². The van der Waals surface area contributed by atoms with Crippen LogP contribution in [0.3, 0.4) is 0 Å². The molecule has 1 aromatic carbocycles. The minimum Gasteiger partial charge on any atom is -0.374 e. The molecule has 0 amide bonds. The first kappa shape index (κ1) is 10.4. The fraction of sp³-hybridized carbons (Fsp3) is 0.143. The Morgan fingerprint density at radius 2 is 2.13 bits per heavy atom. The lowest BCUT2D eigenvalue weighted by molar-refractivity contribution is -0.385. The quantitative estimate of drug-likeness (QED) is 0.446. The standard InChI is InChI=1S/C7H4BrNO5S/c8-5-1-4-3-15(12,13)14-7(4)6(2-5)9(10)11/h1-2H,3H2. The molecule has 0 aliphatic carbocycles. The Morgan fingerprint density at radius 3 is 2.73 bits per heavy atom. The molecule has 0 saturated carbocycles. The van der Waals surface area contributed by atoms with Gasteiger partial charge in [-0.1, -0.05) is 15.9 Å². The summed E-state index contributed by atoms with van der Waals surface area (Å²) in [6.45, 7) is 0. The number of hydrogen-bond donors (Lipinski definition) is 0. The number of nitro benzene ring substituents is 1. The molecule has 0 bridgehead atoms. The van der Waals surface area contributed by atoms with Crippen LogP contribution in [0.1, 0.15) is 5.56 Å². The minimum absolute atomic E-state index is 0.178. The molecule has 0 unspecified atom stereocenters. The molecule has 1 aromatic rings. The number of halogens is 1. The van der Waals surface area contributed by atoms with Gasteiger partial charge in [0.1, 0.15) is 5.75 Å². The van der Waals surface area contributed by atoms with Crippen molar-refractivity contribution in [2.24, 2.45) is 0 Å². The summed E-state index contributed by atoms with van der Waals surface area (Å²) in [4.78, 5) is 9.96. The van der Waals surface area contributed by atoms with Gasteiger partial charge in [0.2, 0.25) is 5.75 Å². The van der Waals surface area contributed by atoms with Gasteiger partial charge in [-0.05, 0) is 6.07 Å². The van der Waals surface area contributed by atoms with Gasteiger partial charge in [-0.2, -0.15) is 8.42 Å². The normalized spacial score (nSPS) is 16.9. The van der Waals surface area contributed by atoms with Crippen LogP contribution in [-0.2, 0) is 15.9 Å². The van der Waals surface area contributed by atoms with Crippen LogP contribution in [0.2, 0.25) is 0 Å². The number of rotatable bonds is 1. The zero-order valence-electron chi connectivity index (χ0n) is 7.14. The average Bonchev–Trinajstić information content (AvgIpc) is 2.36. The average molecular weight is 294 g/mol. The largest absolute Gasteiger partial charge is 0.374 e. The maximum Gasteiger partial charge on any atom is 0.314 e. The van der Waals surface area contributed by atoms with Crippen molar-refractivity contribution >= 4 is 31.7 Å². The molecule has 0 fully saturated rings. The molecule has 1 heterocycles. The van der Waals surface area contributed by atoms with Crippen LogP contribution in [0.4, 0.5) is 5.69 Å². The first-order valence-electron chi connectivity index (χ1n) is 3.78. The first-order valence-corrected chi connectivity index (χ1v) is 6.15. The zero-order chi connectivity index (χ0) is 11.2. The number of fused-ring (bicyclic) bond motifs is 1. The molecular weight excluding hydrogens is 290 g/mol. The predicted octanol–water partition coefficient (Wildman–Crippen LogP) is 1.58. The van der Waals surface area contributed by atoms with Gasteiger partial charge in [0.15, 0.2) is 0 Å². The highest BCUT2D eigenvalue weighted by atomic mass is 79.9. The topological polar surface area (TPSA) is 86.5 Å². The van der Waals surface area contributed by atoms with Crippen molar-refractivity contribution in [3.05, 3.63) is 32.3 Å². The predicted molar refractivity (Wildman–Crippen MR) is 54.0 cm³/mol. The molecular formula is C7H4BrNO5S. The zero-order valence-corrected chi connectivity index (χ0v) is 9.54. The monoisotopic (exact) mass is 293 g/mol. The number of hydrogen-bond acceptors (Lipinski definition) is 5. The second kappa shape index (κ2) is 3.17. The van der Waals surface area contributed by atoms with Crippen molar-refractivity contribution in [1.29, 1.82) is 0 Å². The van der Waals surface area contributed by atoms with Gasteiger partial charge in [0, 0.05) is 16.1 Å². The Kier molecular flexibility index (Phi) is 2.19. The van der Waals surface area contributed by atoms with Crippen LogP contribution in [-0.4, -0.2) is 13.3 Å². The first-order chi connectivity index (χ1) is 6.89. The Hall–Kier alpha value is -1.15. The van der Waals surface area contributed by atoms with E-state index in [0.29, 0.717) is 10.0 Å². The van der Waals surface area contributed by atoms with E-state index in [1.807, 2.05) is 0 Å². The fourth-order valence-electron chi connectivity index (χ4n) is 1.32. The Labute approximate surface area is 93.3 Å². The third-order valence-electron chi connectivity index (χ3n) is 1.85. The minimum atomic E-state index is -3.70. The van der Waals surface area contributed by atoms with E-state index >= 15 is 0 Å². The van der Waals surface area contributed by atoms with Crippen LogP contribution < -0.4 is 4.18 Å². The summed E-state index contributed by atoms with van der Waals surface area (Å²) < 4.78 is 27.2. The van der Waals surface area contributed by atoms with Crippen LogP contribution in [0.15, 0.2) is 16.6 Å². The summed E-state index contributed by atoms with van der Waals surface area (Å²) in [7, 11) is -3.70. The van der Waals surface area contributed by atoms with E-state index in [-0.39, 0.29) is 17.2 Å². The van der Waals surface area contributed by atoms with Crippen molar-refractivity contribution in [1.82, 2.24) is 0 Å². The molecule has 0 atom stereocenters. The third kappa shape index (κ3) is 1.82. The van der Waals surface area contributed by atoms with Crippen LogP contribution in [0.5, 0.6) is 5.75 Å². The van der Waals surface area contributed by atoms with Gasteiger partial charge in [-0.15, -0.1) is 0 Å². The highest BCUT2D eigenvalue weighted by Gasteiger charge is 2.33. The van der Waals surface area contributed by atoms with E-state index in [1.165, 1.54) is 12.1 Å². The van der Waals surface area contributed by atoms with Crippen LogP contribution in [0, 0.1) is 10.1 Å². The Bertz CT molecular complexity index is 553. The van der Waals surface area contributed by atoms with Crippen molar-refractivity contribution in [2.75, 3.05) is 0 Å². The highest BCUT2D eigenvalue weighted by Crippen LogP contribution is 2.40. The van der Waals surface area contributed by atoms with E-state index < -0.39 is 15.0 Å². The molecule has 6 nitrogen and oxygen atoms in total. The molecule has 0 spiro atoms. The van der Waals surface area contributed by atoms with Gasteiger partial charge in [0.05, 0.1) is 4.92 Å². The van der Waals surface area contributed by atoms with E-state index in [9.17, 15) is 18.5 Å². The molecule has 1 aliphatic rings. The SMILES string of the molecule is O=[N+]([O-])c1cc(Br)cc2c1OS(=O)(=O)C2. The van der Waals surface area contributed by atoms with Crippen molar-refractivity contribution in [2.45, 2.75) is 5.75 Å². The highest BCUT2D eigenvalue weighted by molar-refractivity contribution is 9.10. The summed E-state index contributed by atoms with van der Waals surface area (Å²) >= 11 is 3.07. The van der Waals surface area contributed by atoms with E-state index in [2.05, 4.69) is 20.1 Å². The molecule has 8 heteroatoms. The lowest BCUT2D eigenvalue weighted by Gasteiger charge is -1.99. The van der Waals surface area contributed by atoms with Crippen LogP contribution >= 0.6 is 15.9 Å². The maximum absolute atomic E-state index is 11.1. The molecule has 0 radical (unpaired) electrons. The second-order valence-corrected chi connectivity index (χ2v) is 5.44. The molecule has 0 aromatic heterocycles. The number of nitrogens with zero attached hydrogens (tertiary/aromatic N) is 1. The molecule has 0 N–H and O–H groups in total. The van der Waals surface area contributed by atoms with Gasteiger partial charge in [-0.3, -0.25) is 10.1 Å². The number of benzene rings is 1. The lowest BCUT2D eigenvalue weighted by Crippen LogP contribution is -2.03. The summed E-state index contributed by atoms with van der Waals surface area (Å²) in [6, 6.07) is 2.70. The summed E-state index contributed by atoms with van der Waals surface area (Å²) in [5.41, 5.74) is -0.0449. The van der Waals surface area contributed by atoms with Gasteiger partial charge >= 0.3 is 15.8 Å². The fourth-order valence-corrected chi connectivity index (χ4v) is 2.91. The summed E-state index contributed by atoms with van der Waals surface area (Å²) in [5.74, 6) is -0.508. The third-order valence-corrected chi connectivity index (χ3v) is 3.39. The van der Waals surface area contributed by atoms with E-state index in [0.717, 1.165) is 0 Å². The Balaban J connectivity index is 2.68. The molecule has 2 rings (SSSR count). The van der Waals surface area contributed by atoms with Gasteiger partial charge < -0.3 is 4.18 Å². The molecule has 15 heavy (non-hydrogen) atoms. The molecule has 1 aliphatic heterocycles. The number of nitro groups is 1. The summed E-state index contributed by atoms with van der Waals surface area (Å²) in [6.07, 6.45) is 0. The summed E-state index contributed by atoms with van der Waals surface area (Å²) in [5, 5.41) is 10.6. The lowest BCUT2D eigenvalue weighted by atomic mass is 10.2. The van der Waals surface area contributed by atoms with Crippen molar-refractivity contribution in [3.8, 4) is 5.75 Å². The van der Waals surface area contributed by atoms with Gasteiger partial charge in [-0.25, -0.2) is 0 Å². The van der Waals surface area contributed by atoms with Crippen molar-refractivity contribution in [3.63, 3.8) is 0 Å². The molecule has 0 saturated heterocycles. The molecule has 80 valence electrons.